The van der Waals surface area contributed by atoms with Crippen molar-refractivity contribution in [3.05, 3.63) is 57.4 Å². The van der Waals surface area contributed by atoms with Gasteiger partial charge < -0.3 is 10.5 Å². The maximum absolute atomic E-state index is 12.7. The summed E-state index contributed by atoms with van der Waals surface area (Å²) in [5.74, 6) is -1.45. The first kappa shape index (κ1) is 22.3. The number of aromatic carboxylic acids is 1. The number of carbonyl (C=O) groups is 1. The second-order valence-corrected chi connectivity index (χ2v) is 9.22. The molecule has 0 fully saturated rings. The van der Waals surface area contributed by atoms with E-state index in [1.54, 1.807) is 0 Å². The first-order chi connectivity index (χ1) is 14.4. The first-order valence-electron chi connectivity index (χ1n) is 8.43. The average Bonchev–Trinajstić information content (AvgIpc) is 3.02. The van der Waals surface area contributed by atoms with E-state index < -0.39 is 37.5 Å². The summed E-state index contributed by atoms with van der Waals surface area (Å²) in [6.07, 6.45) is 2.33. The zero-order valence-electron chi connectivity index (χ0n) is 15.4. The smallest absolute Gasteiger partial charge is 0.356 e. The Kier molecular flexibility index (Phi) is 5.77. The fraction of sp³-hybridized carbons (Fsp3) is 0.125. The minimum atomic E-state index is -4.38. The van der Waals surface area contributed by atoms with E-state index in [-0.39, 0.29) is 39.7 Å². The van der Waals surface area contributed by atoms with Crippen LogP contribution in [0.15, 0.2) is 51.0 Å². The molecule has 3 rings (SSSR count). The van der Waals surface area contributed by atoms with Crippen molar-refractivity contribution in [2.45, 2.75) is 17.7 Å². The van der Waals surface area contributed by atoms with E-state index in [1.807, 2.05) is 0 Å². The standard InChI is InChI=1S/C16H16N4O9S2/c21-15-13(18-17-9-1-5-11(6-2-9)30(24,25)26)14(16(22)23)19-20(15)10-3-7-12(8-4-10)31(27,28)29/h1-3,5-7,17-19H,4,8H2,(H,22,23)(H,24,25,26)(H,27,28,29). The van der Waals surface area contributed by atoms with Crippen LogP contribution in [0.4, 0.5) is 11.4 Å². The van der Waals surface area contributed by atoms with Gasteiger partial charge in [0.05, 0.1) is 15.5 Å². The number of nitrogens with zero attached hydrogens (tertiary/aromatic N) is 1. The van der Waals surface area contributed by atoms with Gasteiger partial charge in [-0.2, -0.15) is 16.8 Å². The number of allylic oxidation sites excluding steroid dienone is 4. The molecule has 0 saturated heterocycles. The number of hydrogen-bond donors (Lipinski definition) is 6. The summed E-state index contributed by atoms with van der Waals surface area (Å²) in [5.41, 5.74) is 3.89. The zero-order valence-corrected chi connectivity index (χ0v) is 17.1. The number of aromatic nitrogens is 2. The number of nitrogens with one attached hydrogen (secondary N) is 3. The van der Waals surface area contributed by atoms with E-state index in [2.05, 4.69) is 16.0 Å². The van der Waals surface area contributed by atoms with Crippen molar-refractivity contribution < 1.29 is 35.8 Å². The van der Waals surface area contributed by atoms with Gasteiger partial charge in [-0.15, -0.1) is 0 Å². The lowest BCUT2D eigenvalue weighted by Gasteiger charge is -2.12. The van der Waals surface area contributed by atoms with E-state index in [1.165, 1.54) is 18.2 Å². The third-order valence-corrected chi connectivity index (χ3v) is 6.17. The molecule has 0 saturated carbocycles. The van der Waals surface area contributed by atoms with Crippen LogP contribution in [0.3, 0.4) is 0 Å². The molecule has 0 atom stereocenters. The number of H-pyrrole nitrogens is 1. The molecule has 0 radical (unpaired) electrons. The van der Waals surface area contributed by atoms with Crippen molar-refractivity contribution in [2.75, 3.05) is 10.9 Å². The SMILES string of the molecule is O=C(O)c1[nH]n(C2=CC=C(S(=O)(=O)O)CC2)c(=O)c1NNc1ccc(S(=O)(=O)O)cc1. The first-order valence-corrected chi connectivity index (χ1v) is 11.3. The minimum absolute atomic E-state index is 0.0368. The second-order valence-electron chi connectivity index (χ2n) is 6.32. The number of carboxylic acid groups (broad SMARTS) is 1. The maximum Gasteiger partial charge on any atom is 0.356 e. The molecule has 0 unspecified atom stereocenters. The lowest BCUT2D eigenvalue weighted by atomic mass is 10.1. The van der Waals surface area contributed by atoms with Crippen LogP contribution >= 0.6 is 0 Å². The number of hydrazine groups is 1. The van der Waals surface area contributed by atoms with Crippen LogP contribution in [0.2, 0.25) is 0 Å². The molecule has 1 aliphatic carbocycles. The van der Waals surface area contributed by atoms with Crippen LogP contribution in [0, 0.1) is 0 Å². The fourth-order valence-electron chi connectivity index (χ4n) is 2.76. The van der Waals surface area contributed by atoms with Gasteiger partial charge in [-0.25, -0.2) is 9.48 Å². The number of carboxylic acids is 1. The fourth-order valence-corrected chi connectivity index (χ4v) is 3.84. The topological polar surface area (TPSA) is 208 Å². The van der Waals surface area contributed by atoms with Crippen LogP contribution in [0.5, 0.6) is 0 Å². The van der Waals surface area contributed by atoms with Crippen molar-refractivity contribution in [3.8, 4) is 0 Å². The number of aromatic amines is 1. The molecule has 0 amide bonds. The highest BCUT2D eigenvalue weighted by atomic mass is 32.2. The third-order valence-electron chi connectivity index (χ3n) is 4.30. The Hall–Kier alpha value is -3.40. The van der Waals surface area contributed by atoms with Crippen molar-refractivity contribution in [2.24, 2.45) is 0 Å². The molecule has 31 heavy (non-hydrogen) atoms. The van der Waals surface area contributed by atoms with E-state index >= 15 is 0 Å². The third kappa shape index (κ3) is 4.85. The van der Waals surface area contributed by atoms with Gasteiger partial charge in [0.15, 0.2) is 11.4 Å². The lowest BCUT2D eigenvalue weighted by molar-refractivity contribution is 0.0691. The molecule has 0 aliphatic heterocycles. The van der Waals surface area contributed by atoms with Gasteiger partial charge in [-0.3, -0.25) is 24.4 Å². The largest absolute Gasteiger partial charge is 0.476 e. The second kappa shape index (κ2) is 8.03. The highest BCUT2D eigenvalue weighted by molar-refractivity contribution is 7.89. The van der Waals surface area contributed by atoms with Crippen molar-refractivity contribution >= 4 is 43.3 Å². The number of anilines is 2. The summed E-state index contributed by atoms with van der Waals surface area (Å²) in [6.45, 7) is 0. The van der Waals surface area contributed by atoms with Crippen LogP contribution < -0.4 is 16.4 Å². The Morgan fingerprint density at radius 2 is 1.61 bits per heavy atom. The van der Waals surface area contributed by atoms with Gasteiger partial charge in [0.25, 0.3) is 25.8 Å². The predicted octanol–water partition coefficient (Wildman–Crippen LogP) is 0.967. The summed E-state index contributed by atoms with van der Waals surface area (Å²) in [7, 11) is -8.74. The molecule has 1 aliphatic rings. The van der Waals surface area contributed by atoms with E-state index in [0.717, 1.165) is 22.9 Å². The van der Waals surface area contributed by atoms with E-state index in [4.69, 9.17) is 9.11 Å². The number of rotatable bonds is 7. The highest BCUT2D eigenvalue weighted by Crippen LogP contribution is 2.25. The summed E-state index contributed by atoms with van der Waals surface area (Å²) in [4.78, 5) is 23.6. The van der Waals surface area contributed by atoms with Crippen LogP contribution in [0.1, 0.15) is 23.3 Å². The summed E-state index contributed by atoms with van der Waals surface area (Å²) in [5, 5.41) is 11.8. The Morgan fingerprint density at radius 3 is 2.10 bits per heavy atom. The molecule has 166 valence electrons. The number of benzene rings is 1. The average molecular weight is 472 g/mol. The molecule has 15 heteroatoms. The maximum atomic E-state index is 12.7. The summed E-state index contributed by atoms with van der Waals surface area (Å²) < 4.78 is 63.5. The number of hydrogen-bond acceptors (Lipinski definition) is 8. The molecular weight excluding hydrogens is 456 g/mol. The minimum Gasteiger partial charge on any atom is -0.476 e. The zero-order chi connectivity index (χ0) is 23.0. The van der Waals surface area contributed by atoms with Crippen LogP contribution in [-0.4, -0.2) is 46.8 Å². The van der Waals surface area contributed by atoms with E-state index in [0.29, 0.717) is 0 Å². The Labute approximate surface area is 175 Å². The van der Waals surface area contributed by atoms with Gasteiger partial charge in [0.1, 0.15) is 0 Å². The Balaban J connectivity index is 1.89. The highest BCUT2D eigenvalue weighted by Gasteiger charge is 2.24. The monoisotopic (exact) mass is 472 g/mol. The van der Waals surface area contributed by atoms with Crippen LogP contribution in [-0.2, 0) is 20.2 Å². The normalized spacial score (nSPS) is 14.5. The van der Waals surface area contributed by atoms with Gasteiger partial charge in [0, 0.05) is 5.70 Å². The van der Waals surface area contributed by atoms with E-state index in [9.17, 15) is 31.5 Å². The van der Waals surface area contributed by atoms with Gasteiger partial charge in [-0.05, 0) is 49.3 Å². The Bertz CT molecular complexity index is 1370. The summed E-state index contributed by atoms with van der Waals surface area (Å²) >= 11 is 0. The van der Waals surface area contributed by atoms with Gasteiger partial charge in [-0.1, -0.05) is 0 Å². The van der Waals surface area contributed by atoms with Crippen molar-refractivity contribution in [3.63, 3.8) is 0 Å². The predicted molar refractivity (Wildman–Crippen MR) is 109 cm³/mol. The molecule has 1 aromatic carbocycles. The lowest BCUT2D eigenvalue weighted by Crippen LogP contribution is -2.22. The summed E-state index contributed by atoms with van der Waals surface area (Å²) in [6, 6.07) is 4.73. The van der Waals surface area contributed by atoms with Crippen molar-refractivity contribution in [1.29, 1.82) is 0 Å². The molecule has 0 spiro atoms. The van der Waals surface area contributed by atoms with Gasteiger partial charge >= 0.3 is 5.97 Å². The van der Waals surface area contributed by atoms with Crippen LogP contribution in [0.25, 0.3) is 5.70 Å². The Morgan fingerprint density at radius 1 is 0.968 bits per heavy atom. The quantitative estimate of drug-likeness (QED) is 0.247. The molecule has 1 heterocycles. The van der Waals surface area contributed by atoms with Gasteiger partial charge in [0.2, 0.25) is 0 Å². The molecule has 2 aromatic rings. The molecule has 1 aromatic heterocycles. The van der Waals surface area contributed by atoms with Crippen molar-refractivity contribution in [1.82, 2.24) is 9.78 Å². The molecular formula is C16H16N4O9S2. The molecule has 6 N–H and O–H groups in total. The molecule has 0 bridgehead atoms. The molecule has 13 nitrogen and oxygen atoms in total.